The molecule has 0 aliphatic carbocycles. The molecule has 98 valence electrons. The first-order valence-corrected chi connectivity index (χ1v) is 6.71. The van der Waals surface area contributed by atoms with Gasteiger partial charge in [0.2, 0.25) is 0 Å². The second kappa shape index (κ2) is 6.75. The summed E-state index contributed by atoms with van der Waals surface area (Å²) in [4.78, 5) is 0. The van der Waals surface area contributed by atoms with Gasteiger partial charge in [0, 0.05) is 17.4 Å². The van der Waals surface area contributed by atoms with Gasteiger partial charge in [-0.3, -0.25) is 0 Å². The van der Waals surface area contributed by atoms with E-state index in [-0.39, 0.29) is 11.8 Å². The third-order valence-corrected chi connectivity index (χ3v) is 3.56. The van der Waals surface area contributed by atoms with Gasteiger partial charge in [-0.15, -0.1) is 0 Å². The highest BCUT2D eigenvalue weighted by atomic mass is 35.5. The number of benzene rings is 2. The maximum Gasteiger partial charge on any atom is 0.0791 e. The number of halogens is 1. The molecule has 2 aromatic carbocycles. The molecule has 0 amide bonds. The molecule has 2 unspecified atom stereocenters. The molecule has 0 bridgehead atoms. The van der Waals surface area contributed by atoms with Crippen molar-refractivity contribution in [2.45, 2.75) is 18.3 Å². The van der Waals surface area contributed by atoms with Crippen molar-refractivity contribution in [1.82, 2.24) is 0 Å². The lowest BCUT2D eigenvalue weighted by Gasteiger charge is -2.20. The van der Waals surface area contributed by atoms with Crippen LogP contribution < -0.4 is 0 Å². The zero-order chi connectivity index (χ0) is 14.4. The van der Waals surface area contributed by atoms with E-state index in [4.69, 9.17) is 16.9 Å². The summed E-state index contributed by atoms with van der Waals surface area (Å²) in [6, 6.07) is 21.5. The summed E-state index contributed by atoms with van der Waals surface area (Å²) in [5.74, 6) is -0.485. The third-order valence-electron chi connectivity index (χ3n) is 3.31. The highest BCUT2D eigenvalue weighted by molar-refractivity contribution is 6.30. The van der Waals surface area contributed by atoms with Gasteiger partial charge in [0.05, 0.1) is 18.1 Å². The first-order chi connectivity index (χ1) is 9.76. The molecular weight excluding hydrogens is 268 g/mol. The average Bonchev–Trinajstić information content (AvgIpc) is 2.50. The summed E-state index contributed by atoms with van der Waals surface area (Å²) < 4.78 is 0. The van der Waals surface area contributed by atoms with E-state index in [0.29, 0.717) is 11.4 Å². The summed E-state index contributed by atoms with van der Waals surface area (Å²) in [6.07, 6.45) is 0.310. The van der Waals surface area contributed by atoms with Crippen LogP contribution in [-0.4, -0.2) is 0 Å². The van der Waals surface area contributed by atoms with Gasteiger partial charge in [-0.25, -0.2) is 0 Å². The van der Waals surface area contributed by atoms with E-state index in [0.717, 1.165) is 11.1 Å². The summed E-state index contributed by atoms with van der Waals surface area (Å²) in [7, 11) is 0. The zero-order valence-electron chi connectivity index (χ0n) is 10.8. The normalized spacial score (nSPS) is 12.9. The van der Waals surface area contributed by atoms with Gasteiger partial charge in [-0.05, 0) is 23.3 Å². The number of rotatable bonds is 4. The van der Waals surface area contributed by atoms with Crippen LogP contribution in [-0.2, 0) is 0 Å². The highest BCUT2D eigenvalue weighted by Gasteiger charge is 2.24. The molecule has 2 rings (SSSR count). The molecule has 3 heteroatoms. The second-order valence-corrected chi connectivity index (χ2v) is 4.97. The average molecular weight is 281 g/mol. The number of nitrogens with zero attached hydrogens (tertiary/aromatic N) is 2. The minimum Gasteiger partial charge on any atom is -0.198 e. The summed E-state index contributed by atoms with van der Waals surface area (Å²) in [5, 5.41) is 19.2. The van der Waals surface area contributed by atoms with Crippen LogP contribution >= 0.6 is 11.6 Å². The van der Waals surface area contributed by atoms with Gasteiger partial charge in [-0.1, -0.05) is 54.1 Å². The fraction of sp³-hybridized carbons (Fsp3) is 0.176. The molecule has 0 heterocycles. The monoisotopic (exact) mass is 280 g/mol. The molecule has 0 aliphatic heterocycles. The Bertz CT molecular complexity index is 635. The van der Waals surface area contributed by atoms with Gasteiger partial charge in [0.25, 0.3) is 0 Å². The largest absolute Gasteiger partial charge is 0.198 e. The maximum absolute atomic E-state index is 9.51. The lowest BCUT2D eigenvalue weighted by molar-refractivity contribution is 0.641. The van der Waals surface area contributed by atoms with Crippen LogP contribution in [0.25, 0.3) is 0 Å². The maximum atomic E-state index is 9.51. The van der Waals surface area contributed by atoms with Crippen LogP contribution in [0.5, 0.6) is 0 Å². The molecular formula is C17H13ClN2. The smallest absolute Gasteiger partial charge is 0.0791 e. The molecule has 2 atom stereocenters. The van der Waals surface area contributed by atoms with Crippen LogP contribution in [0.3, 0.4) is 0 Å². The Balaban J connectivity index is 2.39. The van der Waals surface area contributed by atoms with Gasteiger partial charge in [0.1, 0.15) is 0 Å². The SMILES string of the molecule is N#CCC(c1ccccc1)C(C#N)c1ccc(Cl)cc1. The van der Waals surface area contributed by atoms with E-state index < -0.39 is 0 Å². The van der Waals surface area contributed by atoms with Crippen molar-refractivity contribution >= 4 is 11.6 Å². The van der Waals surface area contributed by atoms with Crippen LogP contribution in [0.15, 0.2) is 54.6 Å². The summed E-state index contributed by atoms with van der Waals surface area (Å²) in [6.45, 7) is 0. The van der Waals surface area contributed by atoms with Crippen LogP contribution in [0, 0.1) is 22.7 Å². The lowest BCUT2D eigenvalue weighted by Crippen LogP contribution is -2.09. The van der Waals surface area contributed by atoms with Gasteiger partial charge >= 0.3 is 0 Å². The fourth-order valence-corrected chi connectivity index (χ4v) is 2.42. The van der Waals surface area contributed by atoms with Crippen molar-refractivity contribution in [3.8, 4) is 12.1 Å². The quantitative estimate of drug-likeness (QED) is 0.819. The second-order valence-electron chi connectivity index (χ2n) is 4.54. The molecule has 0 saturated carbocycles. The summed E-state index contributed by atoms with van der Waals surface area (Å²) >= 11 is 5.88. The fourth-order valence-electron chi connectivity index (χ4n) is 2.29. The van der Waals surface area contributed by atoms with E-state index in [1.807, 2.05) is 42.5 Å². The molecule has 0 fully saturated rings. The predicted molar refractivity (Wildman–Crippen MR) is 79.2 cm³/mol. The lowest BCUT2D eigenvalue weighted by atomic mass is 9.80. The number of hydrogen-bond donors (Lipinski definition) is 0. The van der Waals surface area contributed by atoms with Gasteiger partial charge in [-0.2, -0.15) is 10.5 Å². The van der Waals surface area contributed by atoms with Crippen molar-refractivity contribution in [3.05, 3.63) is 70.7 Å². The molecule has 0 aromatic heterocycles. The Morgan fingerprint density at radius 1 is 0.900 bits per heavy atom. The van der Waals surface area contributed by atoms with Crippen molar-refractivity contribution in [1.29, 1.82) is 10.5 Å². The zero-order valence-corrected chi connectivity index (χ0v) is 11.6. The van der Waals surface area contributed by atoms with E-state index >= 15 is 0 Å². The van der Waals surface area contributed by atoms with Crippen molar-refractivity contribution in [2.75, 3.05) is 0 Å². The molecule has 0 spiro atoms. The van der Waals surface area contributed by atoms with E-state index in [9.17, 15) is 5.26 Å². The number of hydrogen-bond acceptors (Lipinski definition) is 2. The van der Waals surface area contributed by atoms with E-state index in [1.165, 1.54) is 0 Å². The highest BCUT2D eigenvalue weighted by Crippen LogP contribution is 2.35. The predicted octanol–water partition coefficient (Wildman–Crippen LogP) is 4.64. The topological polar surface area (TPSA) is 47.6 Å². The molecule has 2 aromatic rings. The Hall–Kier alpha value is -2.29. The van der Waals surface area contributed by atoms with Crippen LogP contribution in [0.2, 0.25) is 5.02 Å². The number of nitriles is 2. The molecule has 0 N–H and O–H groups in total. The van der Waals surface area contributed by atoms with Crippen molar-refractivity contribution in [2.24, 2.45) is 0 Å². The Morgan fingerprint density at radius 2 is 1.55 bits per heavy atom. The Morgan fingerprint density at radius 3 is 2.10 bits per heavy atom. The first kappa shape index (κ1) is 14.1. The molecule has 0 aliphatic rings. The molecule has 20 heavy (non-hydrogen) atoms. The third kappa shape index (κ3) is 3.18. The molecule has 0 saturated heterocycles. The van der Waals surface area contributed by atoms with Crippen LogP contribution in [0.4, 0.5) is 0 Å². The summed E-state index contributed by atoms with van der Waals surface area (Å²) in [5.41, 5.74) is 1.90. The first-order valence-electron chi connectivity index (χ1n) is 6.33. The minimum atomic E-state index is -0.352. The van der Waals surface area contributed by atoms with E-state index in [1.54, 1.807) is 12.1 Å². The van der Waals surface area contributed by atoms with Crippen molar-refractivity contribution in [3.63, 3.8) is 0 Å². The molecule has 0 radical (unpaired) electrons. The Kier molecular flexibility index (Phi) is 4.77. The standard InChI is InChI=1S/C17H13ClN2/c18-15-8-6-14(7-9-15)17(12-20)16(10-11-19)13-4-2-1-3-5-13/h1-9,16-17H,10H2. The minimum absolute atomic E-state index is 0.132. The van der Waals surface area contributed by atoms with E-state index in [2.05, 4.69) is 12.1 Å². The van der Waals surface area contributed by atoms with Crippen molar-refractivity contribution < 1.29 is 0 Å². The van der Waals surface area contributed by atoms with Gasteiger partial charge < -0.3 is 0 Å². The Labute approximate surface area is 123 Å². The molecule has 2 nitrogen and oxygen atoms in total. The van der Waals surface area contributed by atoms with Crippen LogP contribution in [0.1, 0.15) is 29.4 Å². The van der Waals surface area contributed by atoms with Gasteiger partial charge in [0.15, 0.2) is 0 Å².